The first-order valence-corrected chi connectivity index (χ1v) is 9.20. The quantitative estimate of drug-likeness (QED) is 0.425. The highest BCUT2D eigenvalue weighted by molar-refractivity contribution is 5.80. The lowest BCUT2D eigenvalue weighted by molar-refractivity contribution is -0.304. The third-order valence-electron chi connectivity index (χ3n) is 3.99. The third kappa shape index (κ3) is 17.1. The highest BCUT2D eigenvalue weighted by Gasteiger charge is 2.10. The van der Waals surface area contributed by atoms with Crippen LogP contribution in [0.4, 0.5) is 0 Å². The SMILES string of the molecule is CCCCCCCCCCCCC[C@@H](O)CC(=O)NCC(=O)[O-]. The molecule has 0 fully saturated rings. The van der Waals surface area contributed by atoms with E-state index in [9.17, 15) is 19.8 Å². The van der Waals surface area contributed by atoms with Gasteiger partial charge in [0.05, 0.1) is 25.0 Å². The van der Waals surface area contributed by atoms with Gasteiger partial charge in [0.15, 0.2) is 0 Å². The molecule has 1 atom stereocenters. The van der Waals surface area contributed by atoms with Gasteiger partial charge in [0, 0.05) is 0 Å². The first-order chi connectivity index (χ1) is 11.1. The summed E-state index contributed by atoms with van der Waals surface area (Å²) in [5.41, 5.74) is 0. The van der Waals surface area contributed by atoms with Crippen molar-refractivity contribution < 1.29 is 19.8 Å². The minimum absolute atomic E-state index is 0.0367. The zero-order chi connectivity index (χ0) is 17.3. The predicted octanol–water partition coefficient (Wildman–Crippen LogP) is 2.30. The van der Waals surface area contributed by atoms with Crippen molar-refractivity contribution in [3.63, 3.8) is 0 Å². The topological polar surface area (TPSA) is 89.5 Å². The summed E-state index contributed by atoms with van der Waals surface area (Å²) in [6.07, 6.45) is 13.6. The number of hydrogen-bond donors (Lipinski definition) is 2. The minimum Gasteiger partial charge on any atom is -0.548 e. The number of nitrogens with one attached hydrogen (secondary N) is 1. The van der Waals surface area contributed by atoms with E-state index in [4.69, 9.17) is 0 Å². The number of unbranched alkanes of at least 4 members (excludes halogenated alkanes) is 10. The summed E-state index contributed by atoms with van der Waals surface area (Å²) in [7, 11) is 0. The monoisotopic (exact) mass is 328 g/mol. The molecule has 0 aliphatic rings. The van der Waals surface area contributed by atoms with E-state index in [1.54, 1.807) is 0 Å². The van der Waals surface area contributed by atoms with E-state index < -0.39 is 24.5 Å². The minimum atomic E-state index is -1.32. The smallest absolute Gasteiger partial charge is 0.222 e. The van der Waals surface area contributed by atoms with Gasteiger partial charge >= 0.3 is 0 Å². The van der Waals surface area contributed by atoms with Crippen LogP contribution in [-0.4, -0.2) is 29.6 Å². The Balaban J connectivity index is 3.30. The molecule has 5 heteroatoms. The van der Waals surface area contributed by atoms with Crippen LogP contribution in [0.3, 0.4) is 0 Å². The first-order valence-electron chi connectivity index (χ1n) is 9.20. The molecule has 0 aliphatic heterocycles. The number of carboxylic acid groups (broad SMARTS) is 1. The number of carbonyl (C=O) groups excluding carboxylic acids is 2. The Morgan fingerprint density at radius 2 is 1.39 bits per heavy atom. The second-order valence-corrected chi connectivity index (χ2v) is 6.33. The van der Waals surface area contributed by atoms with Crippen molar-refractivity contribution in [2.75, 3.05) is 6.54 Å². The number of hydrogen-bond acceptors (Lipinski definition) is 4. The molecule has 0 heterocycles. The molecule has 0 aromatic heterocycles. The molecule has 23 heavy (non-hydrogen) atoms. The summed E-state index contributed by atoms with van der Waals surface area (Å²) >= 11 is 0. The molecular formula is C18H34NO4-. The lowest BCUT2D eigenvalue weighted by Gasteiger charge is -2.11. The van der Waals surface area contributed by atoms with E-state index in [1.165, 1.54) is 57.8 Å². The van der Waals surface area contributed by atoms with Crippen LogP contribution in [0.5, 0.6) is 0 Å². The largest absolute Gasteiger partial charge is 0.548 e. The van der Waals surface area contributed by atoms with E-state index in [1.807, 2.05) is 0 Å². The van der Waals surface area contributed by atoms with Gasteiger partial charge in [0.1, 0.15) is 0 Å². The van der Waals surface area contributed by atoms with Gasteiger partial charge < -0.3 is 20.3 Å². The Kier molecular flexibility index (Phi) is 15.0. The Morgan fingerprint density at radius 1 is 0.913 bits per heavy atom. The molecular weight excluding hydrogens is 294 g/mol. The molecule has 0 saturated heterocycles. The van der Waals surface area contributed by atoms with Crippen molar-refractivity contribution in [1.82, 2.24) is 5.32 Å². The van der Waals surface area contributed by atoms with Crippen molar-refractivity contribution in [2.24, 2.45) is 0 Å². The van der Waals surface area contributed by atoms with Gasteiger partial charge in [-0.1, -0.05) is 77.6 Å². The molecule has 0 unspecified atom stereocenters. The second-order valence-electron chi connectivity index (χ2n) is 6.33. The standard InChI is InChI=1S/C18H35NO4/c1-2-3-4-5-6-7-8-9-10-11-12-13-16(20)14-17(21)19-15-18(22)23/h16,20H,2-15H2,1H3,(H,19,21)(H,22,23)/p-1/t16-/m1/s1. The van der Waals surface area contributed by atoms with Crippen molar-refractivity contribution in [2.45, 2.75) is 96.5 Å². The predicted molar refractivity (Wildman–Crippen MR) is 89.7 cm³/mol. The molecule has 0 aromatic carbocycles. The van der Waals surface area contributed by atoms with Crippen LogP contribution in [-0.2, 0) is 9.59 Å². The highest BCUT2D eigenvalue weighted by atomic mass is 16.4. The first kappa shape index (κ1) is 21.9. The van der Waals surface area contributed by atoms with Crippen LogP contribution in [0, 0.1) is 0 Å². The summed E-state index contributed by atoms with van der Waals surface area (Å²) in [6.45, 7) is 1.74. The molecule has 2 N–H and O–H groups in total. The van der Waals surface area contributed by atoms with Gasteiger partial charge in [-0.15, -0.1) is 0 Å². The van der Waals surface area contributed by atoms with Gasteiger partial charge in [-0.25, -0.2) is 0 Å². The van der Waals surface area contributed by atoms with E-state index in [0.29, 0.717) is 6.42 Å². The Bertz CT molecular complexity index is 307. The van der Waals surface area contributed by atoms with Gasteiger partial charge in [0.2, 0.25) is 5.91 Å². The molecule has 0 radical (unpaired) electrons. The fourth-order valence-corrected chi connectivity index (χ4v) is 2.60. The van der Waals surface area contributed by atoms with Crippen molar-refractivity contribution in [3.05, 3.63) is 0 Å². The summed E-state index contributed by atoms with van der Waals surface area (Å²) in [4.78, 5) is 21.5. The summed E-state index contributed by atoms with van der Waals surface area (Å²) in [5.74, 6) is -1.76. The Morgan fingerprint density at radius 3 is 1.87 bits per heavy atom. The number of carboxylic acids is 1. The van der Waals surface area contributed by atoms with Gasteiger partial charge in [-0.05, 0) is 6.42 Å². The van der Waals surface area contributed by atoms with Crippen molar-refractivity contribution in [3.8, 4) is 0 Å². The average molecular weight is 328 g/mol. The lowest BCUT2D eigenvalue weighted by Crippen LogP contribution is -2.38. The lowest BCUT2D eigenvalue weighted by atomic mass is 10.0. The number of aliphatic hydroxyl groups is 1. The normalized spacial score (nSPS) is 12.1. The van der Waals surface area contributed by atoms with Crippen LogP contribution < -0.4 is 10.4 Å². The third-order valence-corrected chi connectivity index (χ3v) is 3.99. The zero-order valence-electron chi connectivity index (χ0n) is 14.6. The fourth-order valence-electron chi connectivity index (χ4n) is 2.60. The fraction of sp³-hybridized carbons (Fsp3) is 0.889. The maximum absolute atomic E-state index is 11.3. The number of amides is 1. The van der Waals surface area contributed by atoms with E-state index in [2.05, 4.69) is 12.2 Å². The summed E-state index contributed by atoms with van der Waals surface area (Å²) in [5, 5.41) is 22.1. The molecule has 5 nitrogen and oxygen atoms in total. The maximum Gasteiger partial charge on any atom is 0.222 e. The molecule has 0 aliphatic carbocycles. The van der Waals surface area contributed by atoms with Gasteiger partial charge in [0.25, 0.3) is 0 Å². The van der Waals surface area contributed by atoms with Crippen LogP contribution in [0.15, 0.2) is 0 Å². The second kappa shape index (κ2) is 15.8. The van der Waals surface area contributed by atoms with Crippen LogP contribution in [0.25, 0.3) is 0 Å². The molecule has 0 aromatic rings. The van der Waals surface area contributed by atoms with E-state index in [0.717, 1.165) is 12.8 Å². The van der Waals surface area contributed by atoms with Crippen LogP contribution >= 0.6 is 0 Å². The Hall–Kier alpha value is -1.10. The number of aliphatic hydroxyl groups excluding tert-OH is 1. The molecule has 136 valence electrons. The average Bonchev–Trinajstić information content (AvgIpc) is 2.50. The number of rotatable bonds is 16. The summed E-state index contributed by atoms with van der Waals surface area (Å²) in [6, 6.07) is 0. The molecule has 0 spiro atoms. The molecule has 1 amide bonds. The maximum atomic E-state index is 11.3. The van der Waals surface area contributed by atoms with Crippen LogP contribution in [0.1, 0.15) is 90.4 Å². The van der Waals surface area contributed by atoms with E-state index >= 15 is 0 Å². The van der Waals surface area contributed by atoms with E-state index in [-0.39, 0.29) is 6.42 Å². The van der Waals surface area contributed by atoms with Gasteiger partial charge in [-0.2, -0.15) is 0 Å². The van der Waals surface area contributed by atoms with Crippen molar-refractivity contribution >= 4 is 11.9 Å². The summed E-state index contributed by atoms with van der Waals surface area (Å²) < 4.78 is 0. The van der Waals surface area contributed by atoms with Crippen LogP contribution in [0.2, 0.25) is 0 Å². The van der Waals surface area contributed by atoms with Gasteiger partial charge in [-0.3, -0.25) is 4.79 Å². The molecule has 0 bridgehead atoms. The highest BCUT2D eigenvalue weighted by Crippen LogP contribution is 2.13. The molecule has 0 saturated carbocycles. The molecule has 0 rings (SSSR count). The zero-order valence-corrected chi connectivity index (χ0v) is 14.6. The van der Waals surface area contributed by atoms with Crippen molar-refractivity contribution in [1.29, 1.82) is 0 Å². The Labute approximate surface area is 140 Å². The number of aliphatic carboxylic acids is 1. The number of carbonyl (C=O) groups is 2.